The Kier molecular flexibility index (Phi) is 3.68. The van der Waals surface area contributed by atoms with E-state index < -0.39 is 0 Å². The fraction of sp³-hybridized carbons (Fsp3) is 0.588. The largest absolute Gasteiger partial charge is 0.324 e. The van der Waals surface area contributed by atoms with Crippen LogP contribution in [0.4, 0.5) is 10.5 Å². The number of urea groups is 1. The zero-order valence-electron chi connectivity index (χ0n) is 12.5. The highest BCUT2D eigenvalue weighted by atomic mass is 16.2. The Hall–Kier alpha value is -1.51. The van der Waals surface area contributed by atoms with E-state index in [2.05, 4.69) is 31.3 Å². The van der Waals surface area contributed by atoms with E-state index in [-0.39, 0.29) is 6.03 Å². The molecular formula is C17H24N2O. The van der Waals surface area contributed by atoms with Gasteiger partial charge in [-0.05, 0) is 60.8 Å². The number of hydrogen-bond acceptors (Lipinski definition) is 1. The molecule has 20 heavy (non-hydrogen) atoms. The van der Waals surface area contributed by atoms with Crippen LogP contribution in [0.15, 0.2) is 18.2 Å². The molecule has 2 atom stereocenters. The number of piperidine rings is 1. The van der Waals surface area contributed by atoms with Crippen LogP contribution in [0.3, 0.4) is 0 Å². The molecule has 1 N–H and O–H groups in total. The Labute approximate surface area is 121 Å². The minimum absolute atomic E-state index is 0.0568. The van der Waals surface area contributed by atoms with Gasteiger partial charge >= 0.3 is 6.03 Å². The second kappa shape index (κ2) is 5.47. The monoisotopic (exact) mass is 272 g/mol. The quantitative estimate of drug-likeness (QED) is 0.831. The minimum atomic E-state index is 0.0568. The molecule has 1 heterocycles. The van der Waals surface area contributed by atoms with Gasteiger partial charge in [0.25, 0.3) is 0 Å². The lowest BCUT2D eigenvalue weighted by Gasteiger charge is -2.34. The molecule has 1 aliphatic carbocycles. The van der Waals surface area contributed by atoms with E-state index in [9.17, 15) is 4.79 Å². The van der Waals surface area contributed by atoms with E-state index >= 15 is 0 Å². The maximum absolute atomic E-state index is 12.4. The average molecular weight is 272 g/mol. The zero-order chi connectivity index (χ0) is 14.1. The lowest BCUT2D eigenvalue weighted by atomic mass is 9.92. The number of rotatable bonds is 1. The highest BCUT2D eigenvalue weighted by Crippen LogP contribution is 2.26. The number of fused-ring (bicyclic) bond motifs is 1. The van der Waals surface area contributed by atoms with Crippen molar-refractivity contribution in [3.8, 4) is 0 Å². The molecular weight excluding hydrogens is 248 g/mol. The lowest BCUT2D eigenvalue weighted by Crippen LogP contribution is -2.44. The molecule has 108 valence electrons. The number of likely N-dealkylation sites (tertiary alicyclic amines) is 1. The summed E-state index contributed by atoms with van der Waals surface area (Å²) in [5.74, 6) is 1.20. The van der Waals surface area contributed by atoms with Crippen molar-refractivity contribution in [1.82, 2.24) is 4.90 Å². The van der Waals surface area contributed by atoms with Crippen LogP contribution in [0.5, 0.6) is 0 Å². The molecule has 0 radical (unpaired) electrons. The number of amides is 2. The summed E-state index contributed by atoms with van der Waals surface area (Å²) < 4.78 is 0. The van der Waals surface area contributed by atoms with Crippen molar-refractivity contribution in [1.29, 1.82) is 0 Å². The van der Waals surface area contributed by atoms with Crippen LogP contribution in [0.1, 0.15) is 37.8 Å². The first-order valence-corrected chi connectivity index (χ1v) is 7.79. The van der Waals surface area contributed by atoms with Gasteiger partial charge in [-0.15, -0.1) is 0 Å². The third kappa shape index (κ3) is 2.82. The molecule has 1 aromatic rings. The van der Waals surface area contributed by atoms with E-state index in [1.54, 1.807) is 0 Å². The number of nitrogens with zero attached hydrogens (tertiary/aromatic N) is 1. The van der Waals surface area contributed by atoms with Gasteiger partial charge in [0.1, 0.15) is 0 Å². The number of benzene rings is 1. The first-order chi connectivity index (χ1) is 9.61. The topological polar surface area (TPSA) is 32.3 Å². The first-order valence-electron chi connectivity index (χ1n) is 7.79. The minimum Gasteiger partial charge on any atom is -0.324 e. The third-order valence-corrected chi connectivity index (χ3v) is 4.51. The van der Waals surface area contributed by atoms with Crippen molar-refractivity contribution in [3.63, 3.8) is 0 Å². The normalized spacial score (nSPS) is 25.4. The molecule has 3 nitrogen and oxygen atoms in total. The van der Waals surface area contributed by atoms with Gasteiger partial charge in [0.2, 0.25) is 0 Å². The molecule has 3 rings (SSSR count). The van der Waals surface area contributed by atoms with Crippen LogP contribution in [-0.2, 0) is 12.8 Å². The Morgan fingerprint density at radius 2 is 1.85 bits per heavy atom. The van der Waals surface area contributed by atoms with Crippen molar-refractivity contribution in [2.75, 3.05) is 18.4 Å². The van der Waals surface area contributed by atoms with Crippen LogP contribution < -0.4 is 5.32 Å². The zero-order valence-corrected chi connectivity index (χ0v) is 12.5. The van der Waals surface area contributed by atoms with Gasteiger partial charge in [0.05, 0.1) is 0 Å². The standard InChI is InChI=1S/C17H24N2O/c1-12-8-13(2)11-19(10-12)17(20)18-16-7-6-14-4-3-5-15(14)9-16/h6-7,9,12-13H,3-5,8,10-11H2,1-2H3,(H,18,20)/t12-,13+. The second-order valence-electron chi connectivity index (χ2n) is 6.62. The molecule has 0 aromatic heterocycles. The summed E-state index contributed by atoms with van der Waals surface area (Å²) in [5.41, 5.74) is 3.80. The van der Waals surface area contributed by atoms with Crippen molar-refractivity contribution in [2.45, 2.75) is 39.5 Å². The molecule has 3 heteroatoms. The summed E-state index contributed by atoms with van der Waals surface area (Å²) in [5, 5.41) is 3.07. The third-order valence-electron chi connectivity index (χ3n) is 4.51. The second-order valence-corrected chi connectivity index (χ2v) is 6.62. The highest BCUT2D eigenvalue weighted by Gasteiger charge is 2.25. The summed E-state index contributed by atoms with van der Waals surface area (Å²) in [6.45, 7) is 6.21. The molecule has 0 saturated carbocycles. The summed E-state index contributed by atoms with van der Waals surface area (Å²) in [4.78, 5) is 14.3. The number of anilines is 1. The van der Waals surface area contributed by atoms with Crippen molar-refractivity contribution in [2.24, 2.45) is 11.8 Å². The molecule has 2 aliphatic rings. The first kappa shape index (κ1) is 13.5. The molecule has 1 aromatic carbocycles. The highest BCUT2D eigenvalue weighted by molar-refractivity contribution is 5.89. The Morgan fingerprint density at radius 1 is 1.15 bits per heavy atom. The lowest BCUT2D eigenvalue weighted by molar-refractivity contribution is 0.156. The number of hydrogen-bond donors (Lipinski definition) is 1. The smallest absolute Gasteiger partial charge is 0.321 e. The van der Waals surface area contributed by atoms with Gasteiger partial charge in [0.15, 0.2) is 0 Å². The van der Waals surface area contributed by atoms with Gasteiger partial charge in [-0.25, -0.2) is 4.79 Å². The van der Waals surface area contributed by atoms with E-state index in [1.165, 1.54) is 30.4 Å². The molecule has 2 amide bonds. The summed E-state index contributed by atoms with van der Waals surface area (Å²) in [6.07, 6.45) is 4.80. The predicted octanol–water partition coefficient (Wildman–Crippen LogP) is 3.69. The number of carbonyl (C=O) groups excluding carboxylic acids is 1. The van der Waals surface area contributed by atoms with Gasteiger partial charge < -0.3 is 10.2 Å². The van der Waals surface area contributed by atoms with E-state index in [0.717, 1.165) is 25.2 Å². The SMILES string of the molecule is C[C@@H]1C[C@H](C)CN(C(=O)Nc2ccc3c(c2)CCC3)C1. The van der Waals surface area contributed by atoms with Crippen molar-refractivity contribution in [3.05, 3.63) is 29.3 Å². The predicted molar refractivity (Wildman–Crippen MR) is 82.0 cm³/mol. The van der Waals surface area contributed by atoms with Gasteiger partial charge in [-0.3, -0.25) is 0 Å². The summed E-state index contributed by atoms with van der Waals surface area (Å²) in [6, 6.07) is 6.41. The van der Waals surface area contributed by atoms with Crippen LogP contribution in [-0.4, -0.2) is 24.0 Å². The molecule has 1 fully saturated rings. The molecule has 0 unspecified atom stereocenters. The summed E-state index contributed by atoms with van der Waals surface area (Å²) in [7, 11) is 0. The van der Waals surface area contributed by atoms with Crippen molar-refractivity contribution < 1.29 is 4.79 Å². The average Bonchev–Trinajstić information content (AvgIpc) is 2.85. The van der Waals surface area contributed by atoms with Gasteiger partial charge in [0, 0.05) is 18.8 Å². The molecule has 1 aliphatic heterocycles. The van der Waals surface area contributed by atoms with E-state index in [1.807, 2.05) is 11.0 Å². The Balaban J connectivity index is 1.66. The van der Waals surface area contributed by atoms with Crippen LogP contribution in [0.2, 0.25) is 0 Å². The van der Waals surface area contributed by atoms with Gasteiger partial charge in [-0.2, -0.15) is 0 Å². The molecule has 0 spiro atoms. The van der Waals surface area contributed by atoms with Crippen molar-refractivity contribution >= 4 is 11.7 Å². The number of nitrogens with one attached hydrogen (secondary N) is 1. The van der Waals surface area contributed by atoms with E-state index in [4.69, 9.17) is 0 Å². The molecule has 1 saturated heterocycles. The Morgan fingerprint density at radius 3 is 2.60 bits per heavy atom. The fourth-order valence-electron chi connectivity index (χ4n) is 3.68. The van der Waals surface area contributed by atoms with Crippen LogP contribution >= 0.6 is 0 Å². The maximum atomic E-state index is 12.4. The fourth-order valence-corrected chi connectivity index (χ4v) is 3.68. The summed E-state index contributed by atoms with van der Waals surface area (Å²) >= 11 is 0. The van der Waals surface area contributed by atoms with Crippen LogP contribution in [0, 0.1) is 11.8 Å². The number of carbonyl (C=O) groups is 1. The van der Waals surface area contributed by atoms with E-state index in [0.29, 0.717) is 11.8 Å². The Bertz CT molecular complexity index is 502. The maximum Gasteiger partial charge on any atom is 0.321 e. The van der Waals surface area contributed by atoms with Gasteiger partial charge in [-0.1, -0.05) is 19.9 Å². The molecule has 0 bridgehead atoms. The van der Waals surface area contributed by atoms with Crippen LogP contribution in [0.25, 0.3) is 0 Å². The number of aryl methyl sites for hydroxylation is 2.